The monoisotopic (exact) mass is 380 g/mol. The Morgan fingerprint density at radius 2 is 1.93 bits per heavy atom. The minimum absolute atomic E-state index is 0.0247. The van der Waals surface area contributed by atoms with Gasteiger partial charge in [0.1, 0.15) is 18.2 Å². The zero-order valence-corrected chi connectivity index (χ0v) is 15.6. The molecule has 0 saturated carbocycles. The van der Waals surface area contributed by atoms with Crippen LogP contribution >= 0.6 is 11.6 Å². The molecule has 0 unspecified atom stereocenters. The van der Waals surface area contributed by atoms with Crippen molar-refractivity contribution in [2.45, 2.75) is 13.5 Å². The highest BCUT2D eigenvalue weighted by Gasteiger charge is 2.17. The van der Waals surface area contributed by atoms with Crippen LogP contribution in [-0.4, -0.2) is 12.1 Å². The molecule has 3 aromatic rings. The highest BCUT2D eigenvalue weighted by Crippen LogP contribution is 2.40. The second-order valence-electron chi connectivity index (χ2n) is 5.95. The highest BCUT2D eigenvalue weighted by atomic mass is 35.5. The second-order valence-corrected chi connectivity index (χ2v) is 6.35. The van der Waals surface area contributed by atoms with E-state index in [1.165, 1.54) is 7.11 Å². The molecule has 3 rings (SSSR count). The number of pyridine rings is 1. The fraction of sp³-hybridized carbons (Fsp3) is 0.143. The number of nitriles is 1. The van der Waals surface area contributed by atoms with Crippen molar-refractivity contribution in [3.8, 4) is 28.7 Å². The standard InChI is InChI=1S/C21H17ClN2O3/c1-13-8-16(17(11-23)21(25)24-13)15-9-18(22)20(19(10-15)26-2)27-12-14-6-4-3-5-7-14/h3-10H,12H2,1-2H3,(H,24,25). The number of H-pyrrole nitrogens is 1. The lowest BCUT2D eigenvalue weighted by Gasteiger charge is -2.15. The van der Waals surface area contributed by atoms with Crippen molar-refractivity contribution in [1.29, 1.82) is 5.26 Å². The number of rotatable bonds is 5. The number of benzene rings is 2. The van der Waals surface area contributed by atoms with Gasteiger partial charge in [0.05, 0.1) is 12.1 Å². The predicted octanol–water partition coefficient (Wildman–Crippen LogP) is 4.46. The summed E-state index contributed by atoms with van der Waals surface area (Å²) >= 11 is 6.43. The van der Waals surface area contributed by atoms with Gasteiger partial charge >= 0.3 is 0 Å². The zero-order chi connectivity index (χ0) is 19.4. The molecule has 0 saturated heterocycles. The van der Waals surface area contributed by atoms with Gasteiger partial charge in [-0.2, -0.15) is 5.26 Å². The van der Waals surface area contributed by atoms with Crippen molar-refractivity contribution in [2.75, 3.05) is 7.11 Å². The summed E-state index contributed by atoms with van der Waals surface area (Å²) in [5, 5.41) is 9.69. The van der Waals surface area contributed by atoms with E-state index in [-0.39, 0.29) is 5.56 Å². The number of nitrogens with zero attached hydrogens (tertiary/aromatic N) is 1. The number of aryl methyl sites for hydroxylation is 1. The summed E-state index contributed by atoms with van der Waals surface area (Å²) in [5.41, 5.74) is 2.33. The van der Waals surface area contributed by atoms with E-state index in [1.54, 1.807) is 25.1 Å². The van der Waals surface area contributed by atoms with Crippen LogP contribution in [0, 0.1) is 18.3 Å². The molecular formula is C21H17ClN2O3. The van der Waals surface area contributed by atoms with Crippen LogP contribution in [0.15, 0.2) is 53.3 Å². The zero-order valence-electron chi connectivity index (χ0n) is 14.9. The summed E-state index contributed by atoms with van der Waals surface area (Å²) in [4.78, 5) is 14.7. The van der Waals surface area contributed by atoms with Gasteiger partial charge in [-0.3, -0.25) is 4.79 Å². The van der Waals surface area contributed by atoms with Crippen LogP contribution in [0.3, 0.4) is 0 Å². The normalized spacial score (nSPS) is 10.3. The minimum atomic E-state index is -0.438. The Balaban J connectivity index is 2.03. The molecule has 1 heterocycles. The first-order valence-electron chi connectivity index (χ1n) is 8.22. The van der Waals surface area contributed by atoms with Crippen LogP contribution in [-0.2, 0) is 6.61 Å². The maximum absolute atomic E-state index is 12.1. The van der Waals surface area contributed by atoms with E-state index in [9.17, 15) is 10.1 Å². The summed E-state index contributed by atoms with van der Waals surface area (Å²) in [7, 11) is 1.51. The number of aromatic amines is 1. The van der Waals surface area contributed by atoms with Gasteiger partial charge in [-0.1, -0.05) is 41.9 Å². The SMILES string of the molecule is COc1cc(-c2cc(C)[nH]c(=O)c2C#N)cc(Cl)c1OCc1ccccc1. The number of halogens is 1. The van der Waals surface area contributed by atoms with E-state index in [1.807, 2.05) is 36.4 Å². The lowest BCUT2D eigenvalue weighted by Crippen LogP contribution is -2.12. The van der Waals surface area contributed by atoms with Gasteiger partial charge in [-0.25, -0.2) is 0 Å². The molecule has 0 amide bonds. The summed E-state index contributed by atoms with van der Waals surface area (Å²) in [5.74, 6) is 0.835. The third-order valence-electron chi connectivity index (χ3n) is 4.05. The van der Waals surface area contributed by atoms with Gasteiger partial charge in [0.2, 0.25) is 0 Å². The summed E-state index contributed by atoms with van der Waals surface area (Å²) in [6.07, 6.45) is 0. The number of hydrogen-bond acceptors (Lipinski definition) is 4. The van der Waals surface area contributed by atoms with Crippen LogP contribution in [0.25, 0.3) is 11.1 Å². The molecule has 1 aromatic heterocycles. The van der Waals surface area contributed by atoms with Gasteiger partial charge in [0, 0.05) is 11.3 Å². The van der Waals surface area contributed by atoms with E-state index in [0.29, 0.717) is 39.9 Å². The number of aromatic nitrogens is 1. The first-order valence-corrected chi connectivity index (χ1v) is 8.60. The third kappa shape index (κ3) is 3.97. The van der Waals surface area contributed by atoms with Crippen molar-refractivity contribution in [3.05, 3.63) is 80.7 Å². The van der Waals surface area contributed by atoms with E-state index in [0.717, 1.165) is 5.56 Å². The van der Waals surface area contributed by atoms with E-state index < -0.39 is 5.56 Å². The number of methoxy groups -OCH3 is 1. The molecule has 0 spiro atoms. The molecule has 6 heteroatoms. The van der Waals surface area contributed by atoms with E-state index >= 15 is 0 Å². The maximum atomic E-state index is 12.1. The maximum Gasteiger partial charge on any atom is 0.266 e. The van der Waals surface area contributed by atoms with Crippen molar-refractivity contribution in [2.24, 2.45) is 0 Å². The number of nitrogens with one attached hydrogen (secondary N) is 1. The fourth-order valence-electron chi connectivity index (χ4n) is 2.77. The molecule has 5 nitrogen and oxygen atoms in total. The molecule has 0 aliphatic carbocycles. The van der Waals surface area contributed by atoms with Gasteiger partial charge in [-0.05, 0) is 36.2 Å². The van der Waals surface area contributed by atoms with Crippen molar-refractivity contribution in [1.82, 2.24) is 4.98 Å². The molecule has 0 atom stereocenters. The molecule has 136 valence electrons. The predicted molar refractivity (Wildman–Crippen MR) is 104 cm³/mol. The topological polar surface area (TPSA) is 75.1 Å². The van der Waals surface area contributed by atoms with Gasteiger partial charge in [0.25, 0.3) is 5.56 Å². The molecule has 0 radical (unpaired) electrons. The Hall–Kier alpha value is -3.23. The summed E-state index contributed by atoms with van der Waals surface area (Å²) in [6, 6.07) is 16.8. The molecule has 0 fully saturated rings. The first-order chi connectivity index (χ1) is 13.0. The van der Waals surface area contributed by atoms with Crippen molar-refractivity contribution in [3.63, 3.8) is 0 Å². The molecule has 27 heavy (non-hydrogen) atoms. The van der Waals surface area contributed by atoms with Crippen LogP contribution < -0.4 is 15.0 Å². The lowest BCUT2D eigenvalue weighted by atomic mass is 10.0. The molecule has 1 N–H and O–H groups in total. The van der Waals surface area contributed by atoms with Crippen LogP contribution in [0.5, 0.6) is 11.5 Å². The molecule has 0 bridgehead atoms. The summed E-state index contributed by atoms with van der Waals surface area (Å²) in [6.45, 7) is 2.09. The summed E-state index contributed by atoms with van der Waals surface area (Å²) < 4.78 is 11.3. The van der Waals surface area contributed by atoms with Crippen LogP contribution in [0.2, 0.25) is 5.02 Å². The molecule has 2 aromatic carbocycles. The smallest absolute Gasteiger partial charge is 0.266 e. The van der Waals surface area contributed by atoms with Gasteiger partial charge < -0.3 is 14.5 Å². The number of hydrogen-bond donors (Lipinski definition) is 1. The largest absolute Gasteiger partial charge is 0.493 e. The third-order valence-corrected chi connectivity index (χ3v) is 4.33. The molecular weight excluding hydrogens is 364 g/mol. The first kappa shape index (κ1) is 18.6. The fourth-order valence-corrected chi connectivity index (χ4v) is 3.04. The Labute approximate surface area is 161 Å². The highest BCUT2D eigenvalue weighted by molar-refractivity contribution is 6.32. The van der Waals surface area contributed by atoms with Gasteiger partial charge in [0.15, 0.2) is 11.5 Å². The Bertz CT molecular complexity index is 1070. The van der Waals surface area contributed by atoms with Gasteiger partial charge in [-0.15, -0.1) is 0 Å². The molecule has 0 aliphatic heterocycles. The van der Waals surface area contributed by atoms with Crippen molar-refractivity contribution < 1.29 is 9.47 Å². The van der Waals surface area contributed by atoms with Crippen molar-refractivity contribution >= 4 is 11.6 Å². The van der Waals surface area contributed by atoms with E-state index in [2.05, 4.69) is 4.98 Å². The Morgan fingerprint density at radius 1 is 1.19 bits per heavy atom. The average Bonchev–Trinajstić information content (AvgIpc) is 2.66. The van der Waals surface area contributed by atoms with Crippen LogP contribution in [0.4, 0.5) is 0 Å². The Kier molecular flexibility index (Phi) is 5.49. The van der Waals surface area contributed by atoms with E-state index in [4.69, 9.17) is 21.1 Å². The number of ether oxygens (including phenoxy) is 2. The Morgan fingerprint density at radius 3 is 2.59 bits per heavy atom. The lowest BCUT2D eigenvalue weighted by molar-refractivity contribution is 0.285. The average molecular weight is 381 g/mol. The van der Waals surface area contributed by atoms with Crippen LogP contribution in [0.1, 0.15) is 16.8 Å². The quantitative estimate of drug-likeness (QED) is 0.708. The second kappa shape index (κ2) is 7.98. The molecule has 0 aliphatic rings. The minimum Gasteiger partial charge on any atom is -0.493 e.